The summed E-state index contributed by atoms with van der Waals surface area (Å²) in [7, 11) is 1.73. The molecular formula is C9H11N3OS. The lowest BCUT2D eigenvalue weighted by Crippen LogP contribution is -2.28. The Bertz CT molecular complexity index is 330. The minimum Gasteiger partial charge on any atom is -0.465 e. The zero-order valence-electron chi connectivity index (χ0n) is 7.73. The van der Waals surface area contributed by atoms with Crippen LogP contribution in [0.4, 0.5) is 0 Å². The van der Waals surface area contributed by atoms with Crippen molar-refractivity contribution in [3.05, 3.63) is 30.2 Å². The first kappa shape index (κ1) is 10.5. The lowest BCUT2D eigenvalue weighted by atomic mass is 10.4. The Hall–Kier alpha value is -1.62. The maximum absolute atomic E-state index is 5.08. The molecule has 0 amide bonds. The molecule has 0 radical (unpaired) electrons. The Morgan fingerprint density at radius 3 is 3.14 bits per heavy atom. The molecule has 0 aromatic carbocycles. The van der Waals surface area contributed by atoms with Crippen molar-refractivity contribution < 1.29 is 4.42 Å². The lowest BCUT2D eigenvalue weighted by molar-refractivity contribution is 0.557. The van der Waals surface area contributed by atoms with Gasteiger partial charge in [0.15, 0.2) is 5.11 Å². The lowest BCUT2D eigenvalue weighted by Gasteiger charge is -1.97. The zero-order chi connectivity index (χ0) is 10.2. The van der Waals surface area contributed by atoms with Crippen LogP contribution in [0.1, 0.15) is 5.76 Å². The van der Waals surface area contributed by atoms with Gasteiger partial charge in [-0.15, -0.1) is 0 Å². The average Bonchev–Trinajstić information content (AvgIpc) is 2.69. The van der Waals surface area contributed by atoms with Crippen molar-refractivity contribution in [3.8, 4) is 0 Å². The van der Waals surface area contributed by atoms with E-state index in [1.54, 1.807) is 31.7 Å². The van der Waals surface area contributed by atoms with Crippen LogP contribution < -0.4 is 10.7 Å². The Labute approximate surface area is 87.7 Å². The first-order valence-corrected chi connectivity index (χ1v) is 4.44. The number of nitrogens with zero attached hydrogens (tertiary/aromatic N) is 1. The predicted octanol–water partition coefficient (Wildman–Crippen LogP) is 1.37. The molecule has 0 saturated carbocycles. The maximum Gasteiger partial charge on any atom is 0.186 e. The molecule has 0 atom stereocenters. The fourth-order valence-corrected chi connectivity index (χ4v) is 0.772. The second kappa shape index (κ2) is 5.93. The molecule has 0 bridgehead atoms. The van der Waals surface area contributed by atoms with Crippen LogP contribution in [-0.2, 0) is 0 Å². The predicted molar refractivity (Wildman–Crippen MR) is 61.0 cm³/mol. The van der Waals surface area contributed by atoms with Crippen LogP contribution in [0.2, 0.25) is 0 Å². The molecule has 0 fully saturated rings. The van der Waals surface area contributed by atoms with Gasteiger partial charge in [-0.3, -0.25) is 5.43 Å². The van der Waals surface area contributed by atoms with Gasteiger partial charge in [0.1, 0.15) is 5.76 Å². The van der Waals surface area contributed by atoms with Crippen molar-refractivity contribution >= 4 is 29.6 Å². The summed E-state index contributed by atoms with van der Waals surface area (Å²) >= 11 is 4.81. The number of furan rings is 1. The van der Waals surface area contributed by atoms with Crippen LogP contribution in [0.25, 0.3) is 6.08 Å². The number of thiocarbonyl (C=S) groups is 1. The Kier molecular flexibility index (Phi) is 4.43. The molecule has 1 aromatic heterocycles. The molecule has 1 aromatic rings. The molecule has 4 nitrogen and oxygen atoms in total. The molecule has 0 spiro atoms. The summed E-state index contributed by atoms with van der Waals surface area (Å²) in [6, 6.07) is 3.68. The van der Waals surface area contributed by atoms with Gasteiger partial charge in [-0.05, 0) is 36.5 Å². The minimum atomic E-state index is 0.479. The second-order valence-corrected chi connectivity index (χ2v) is 2.75. The van der Waals surface area contributed by atoms with Gasteiger partial charge in [-0.1, -0.05) is 0 Å². The van der Waals surface area contributed by atoms with Gasteiger partial charge in [0, 0.05) is 13.3 Å². The molecule has 2 N–H and O–H groups in total. The van der Waals surface area contributed by atoms with Crippen molar-refractivity contribution in [2.24, 2.45) is 5.10 Å². The molecule has 0 aliphatic rings. The SMILES string of the molecule is CNC(=S)N/N=C/C=C/c1ccco1. The van der Waals surface area contributed by atoms with Crippen LogP contribution in [0.5, 0.6) is 0 Å². The van der Waals surface area contributed by atoms with Crippen LogP contribution in [0, 0.1) is 0 Å². The van der Waals surface area contributed by atoms with Gasteiger partial charge in [0.2, 0.25) is 0 Å². The molecule has 0 unspecified atom stereocenters. The summed E-state index contributed by atoms with van der Waals surface area (Å²) < 4.78 is 5.08. The number of hydrogen-bond donors (Lipinski definition) is 2. The molecule has 0 aliphatic carbocycles. The summed E-state index contributed by atoms with van der Waals surface area (Å²) in [6.45, 7) is 0. The molecular weight excluding hydrogens is 198 g/mol. The smallest absolute Gasteiger partial charge is 0.186 e. The van der Waals surface area contributed by atoms with Gasteiger partial charge in [-0.2, -0.15) is 5.10 Å². The summed E-state index contributed by atoms with van der Waals surface area (Å²) in [5, 5.41) is 7.05. The van der Waals surface area contributed by atoms with E-state index in [1.807, 2.05) is 12.1 Å². The van der Waals surface area contributed by atoms with Gasteiger partial charge in [-0.25, -0.2) is 0 Å². The standard InChI is InChI=1S/C9H11N3OS/c1-10-9(14)12-11-6-2-4-8-5-3-7-13-8/h2-7H,1H3,(H2,10,12,14)/b4-2+,11-6+. The third-order valence-corrected chi connectivity index (χ3v) is 1.65. The van der Waals surface area contributed by atoms with Crippen LogP contribution in [0.15, 0.2) is 34.0 Å². The van der Waals surface area contributed by atoms with Crippen LogP contribution >= 0.6 is 12.2 Å². The summed E-state index contributed by atoms with van der Waals surface area (Å²) in [5.74, 6) is 0.785. The first-order chi connectivity index (χ1) is 6.83. The van der Waals surface area contributed by atoms with E-state index in [0.29, 0.717) is 5.11 Å². The number of hydrazone groups is 1. The molecule has 74 valence electrons. The van der Waals surface area contributed by atoms with Gasteiger partial charge >= 0.3 is 0 Å². The van der Waals surface area contributed by atoms with E-state index >= 15 is 0 Å². The van der Waals surface area contributed by atoms with E-state index in [0.717, 1.165) is 5.76 Å². The topological polar surface area (TPSA) is 49.6 Å². The third-order valence-electron chi connectivity index (χ3n) is 1.36. The molecule has 14 heavy (non-hydrogen) atoms. The van der Waals surface area contributed by atoms with Crippen molar-refractivity contribution in [1.29, 1.82) is 0 Å². The molecule has 5 heteroatoms. The van der Waals surface area contributed by atoms with Gasteiger partial charge in [0.05, 0.1) is 6.26 Å². The third kappa shape index (κ3) is 3.86. The minimum absolute atomic E-state index is 0.479. The van der Waals surface area contributed by atoms with Gasteiger partial charge < -0.3 is 9.73 Å². The number of hydrogen-bond acceptors (Lipinski definition) is 3. The van der Waals surface area contributed by atoms with E-state index in [4.69, 9.17) is 16.6 Å². The maximum atomic E-state index is 5.08. The Morgan fingerprint density at radius 1 is 1.64 bits per heavy atom. The van der Waals surface area contributed by atoms with Crippen LogP contribution in [-0.4, -0.2) is 18.4 Å². The average molecular weight is 209 g/mol. The zero-order valence-corrected chi connectivity index (χ0v) is 8.54. The van der Waals surface area contributed by atoms with E-state index in [-0.39, 0.29) is 0 Å². The van der Waals surface area contributed by atoms with E-state index in [1.165, 1.54) is 0 Å². The fourth-order valence-electron chi connectivity index (χ4n) is 0.719. The number of rotatable bonds is 3. The van der Waals surface area contributed by atoms with Crippen LogP contribution in [0.3, 0.4) is 0 Å². The second-order valence-electron chi connectivity index (χ2n) is 2.34. The van der Waals surface area contributed by atoms with Crippen molar-refractivity contribution in [2.45, 2.75) is 0 Å². The Morgan fingerprint density at radius 2 is 2.50 bits per heavy atom. The largest absolute Gasteiger partial charge is 0.465 e. The Balaban J connectivity index is 2.30. The monoisotopic (exact) mass is 209 g/mol. The molecule has 0 aliphatic heterocycles. The highest BCUT2D eigenvalue weighted by atomic mass is 32.1. The highest BCUT2D eigenvalue weighted by molar-refractivity contribution is 7.80. The summed E-state index contributed by atoms with van der Waals surface area (Å²) in [4.78, 5) is 0. The molecule has 0 saturated heterocycles. The normalized spacial score (nSPS) is 10.9. The summed E-state index contributed by atoms with van der Waals surface area (Å²) in [5.41, 5.74) is 2.62. The highest BCUT2D eigenvalue weighted by Gasteiger charge is 1.84. The fraction of sp³-hybridized carbons (Fsp3) is 0.111. The van der Waals surface area contributed by atoms with E-state index in [9.17, 15) is 0 Å². The van der Waals surface area contributed by atoms with Crippen molar-refractivity contribution in [3.63, 3.8) is 0 Å². The van der Waals surface area contributed by atoms with E-state index in [2.05, 4.69) is 15.8 Å². The highest BCUT2D eigenvalue weighted by Crippen LogP contribution is 2.00. The molecule has 1 rings (SSSR count). The summed E-state index contributed by atoms with van der Waals surface area (Å²) in [6.07, 6.45) is 6.76. The van der Waals surface area contributed by atoms with Crippen molar-refractivity contribution in [2.75, 3.05) is 7.05 Å². The quantitative estimate of drug-likeness (QED) is 0.448. The van der Waals surface area contributed by atoms with Gasteiger partial charge in [0.25, 0.3) is 0 Å². The van der Waals surface area contributed by atoms with E-state index < -0.39 is 0 Å². The number of nitrogens with one attached hydrogen (secondary N) is 2. The first-order valence-electron chi connectivity index (χ1n) is 4.04. The number of allylic oxidation sites excluding steroid dienone is 1. The van der Waals surface area contributed by atoms with Crippen molar-refractivity contribution in [1.82, 2.24) is 10.7 Å². The molecule has 1 heterocycles.